The molecule has 112 valence electrons. The Morgan fingerprint density at radius 1 is 1.47 bits per heavy atom. The number of piperidine rings is 1. The van der Waals surface area contributed by atoms with Crippen LogP contribution in [0.5, 0.6) is 0 Å². The van der Waals surface area contributed by atoms with Gasteiger partial charge in [-0.1, -0.05) is 6.92 Å². The fourth-order valence-corrected chi connectivity index (χ4v) is 2.45. The molecule has 0 saturated carbocycles. The molecule has 0 radical (unpaired) electrons. The number of amides is 1. The van der Waals surface area contributed by atoms with Crippen molar-refractivity contribution in [1.29, 1.82) is 0 Å². The summed E-state index contributed by atoms with van der Waals surface area (Å²) in [6.07, 6.45) is 3.24. The lowest BCUT2D eigenvalue weighted by molar-refractivity contribution is 0.0148. The van der Waals surface area contributed by atoms with Crippen LogP contribution in [0.15, 0.2) is 0 Å². The predicted molar refractivity (Wildman–Crippen MR) is 78.3 cm³/mol. The Morgan fingerprint density at radius 3 is 2.74 bits per heavy atom. The highest BCUT2D eigenvalue weighted by Gasteiger charge is 2.29. The van der Waals surface area contributed by atoms with Gasteiger partial charge in [-0.25, -0.2) is 4.79 Å². The Bertz CT molecular complexity index is 286. The van der Waals surface area contributed by atoms with Gasteiger partial charge in [-0.15, -0.1) is 0 Å². The van der Waals surface area contributed by atoms with Crippen molar-refractivity contribution in [2.24, 2.45) is 5.92 Å². The van der Waals surface area contributed by atoms with E-state index in [9.17, 15) is 4.79 Å². The first-order chi connectivity index (χ1) is 8.83. The largest absolute Gasteiger partial charge is 0.444 e. The molecule has 2 atom stereocenters. The van der Waals surface area contributed by atoms with Crippen molar-refractivity contribution in [2.45, 2.75) is 65.5 Å². The average molecular weight is 270 g/mol. The minimum absolute atomic E-state index is 0.167. The van der Waals surface area contributed by atoms with E-state index < -0.39 is 5.60 Å². The van der Waals surface area contributed by atoms with Crippen LogP contribution in [-0.2, 0) is 4.74 Å². The summed E-state index contributed by atoms with van der Waals surface area (Å²) in [6, 6.07) is 0.463. The molecule has 1 N–H and O–H groups in total. The number of nitrogens with one attached hydrogen (secondary N) is 1. The van der Waals surface area contributed by atoms with Crippen molar-refractivity contribution >= 4 is 6.09 Å². The second-order valence-corrected chi connectivity index (χ2v) is 6.57. The molecule has 1 aliphatic rings. The fraction of sp³-hybridized carbons (Fsp3) is 0.933. The molecule has 19 heavy (non-hydrogen) atoms. The van der Waals surface area contributed by atoms with Crippen LogP contribution in [0.1, 0.15) is 53.9 Å². The van der Waals surface area contributed by atoms with Crippen LogP contribution in [0.25, 0.3) is 0 Å². The van der Waals surface area contributed by atoms with Crippen LogP contribution in [0, 0.1) is 5.92 Å². The van der Waals surface area contributed by atoms with Gasteiger partial charge in [0.05, 0.1) is 0 Å². The van der Waals surface area contributed by atoms with E-state index in [0.717, 1.165) is 32.5 Å². The summed E-state index contributed by atoms with van der Waals surface area (Å²) in [6.45, 7) is 12.8. The molecule has 0 aromatic heterocycles. The molecule has 1 saturated heterocycles. The molecule has 4 nitrogen and oxygen atoms in total. The van der Waals surface area contributed by atoms with E-state index in [-0.39, 0.29) is 6.09 Å². The van der Waals surface area contributed by atoms with Crippen LogP contribution in [0.2, 0.25) is 0 Å². The van der Waals surface area contributed by atoms with Crippen LogP contribution in [0.3, 0.4) is 0 Å². The summed E-state index contributed by atoms with van der Waals surface area (Å²) in [5.74, 6) is 0.535. The highest BCUT2D eigenvalue weighted by atomic mass is 16.6. The van der Waals surface area contributed by atoms with E-state index in [0.29, 0.717) is 12.0 Å². The molecule has 1 fully saturated rings. The van der Waals surface area contributed by atoms with Crippen LogP contribution in [0.4, 0.5) is 4.79 Å². The van der Waals surface area contributed by atoms with E-state index in [4.69, 9.17) is 4.74 Å². The molecule has 0 bridgehead atoms. The molecular formula is C15H30N2O2. The quantitative estimate of drug-likeness (QED) is 0.854. The molecule has 0 aliphatic carbocycles. The zero-order valence-electron chi connectivity index (χ0n) is 13.2. The maximum absolute atomic E-state index is 12.1. The SMILES string of the molecule is CCCNC(C)C1CCCN(C(=O)OC(C)(C)C)C1. The summed E-state index contributed by atoms with van der Waals surface area (Å²) >= 11 is 0. The lowest BCUT2D eigenvalue weighted by atomic mass is 9.92. The molecule has 2 unspecified atom stereocenters. The highest BCUT2D eigenvalue weighted by molar-refractivity contribution is 5.68. The normalized spacial score (nSPS) is 22.2. The monoisotopic (exact) mass is 270 g/mol. The van der Waals surface area contributed by atoms with E-state index >= 15 is 0 Å². The van der Waals surface area contributed by atoms with Crippen molar-refractivity contribution in [1.82, 2.24) is 10.2 Å². The number of hydrogen-bond acceptors (Lipinski definition) is 3. The number of hydrogen-bond donors (Lipinski definition) is 1. The summed E-state index contributed by atoms with van der Waals surface area (Å²) in [5, 5.41) is 3.53. The maximum Gasteiger partial charge on any atom is 0.410 e. The minimum Gasteiger partial charge on any atom is -0.444 e. The zero-order chi connectivity index (χ0) is 14.5. The Balaban J connectivity index is 2.47. The van der Waals surface area contributed by atoms with Gasteiger partial charge in [0.1, 0.15) is 5.60 Å². The number of rotatable bonds is 4. The van der Waals surface area contributed by atoms with Gasteiger partial charge in [0.2, 0.25) is 0 Å². The minimum atomic E-state index is -0.407. The standard InChI is InChI=1S/C15H30N2O2/c1-6-9-16-12(2)13-8-7-10-17(11-13)14(18)19-15(3,4)5/h12-13,16H,6-11H2,1-5H3. The van der Waals surface area contributed by atoms with Gasteiger partial charge in [-0.05, 0) is 59.4 Å². The molecule has 1 amide bonds. The van der Waals surface area contributed by atoms with Crippen molar-refractivity contribution in [2.75, 3.05) is 19.6 Å². The van der Waals surface area contributed by atoms with E-state index in [1.807, 2.05) is 25.7 Å². The lowest BCUT2D eigenvalue weighted by Gasteiger charge is -2.36. The van der Waals surface area contributed by atoms with Crippen molar-refractivity contribution in [3.05, 3.63) is 0 Å². The summed E-state index contributed by atoms with van der Waals surface area (Å²) in [5.41, 5.74) is -0.407. The molecular weight excluding hydrogens is 240 g/mol. The van der Waals surface area contributed by atoms with Crippen molar-refractivity contribution in [3.63, 3.8) is 0 Å². The maximum atomic E-state index is 12.1. The Kier molecular flexibility index (Phi) is 6.11. The number of likely N-dealkylation sites (tertiary alicyclic amines) is 1. The summed E-state index contributed by atoms with van der Waals surface area (Å²) in [7, 11) is 0. The van der Waals surface area contributed by atoms with Crippen molar-refractivity contribution in [3.8, 4) is 0 Å². The number of carbonyl (C=O) groups is 1. The smallest absolute Gasteiger partial charge is 0.410 e. The first-order valence-corrected chi connectivity index (χ1v) is 7.54. The van der Waals surface area contributed by atoms with Gasteiger partial charge in [-0.3, -0.25) is 0 Å². The molecule has 0 spiro atoms. The lowest BCUT2D eigenvalue weighted by Crippen LogP contribution is -2.48. The van der Waals surface area contributed by atoms with Gasteiger partial charge in [-0.2, -0.15) is 0 Å². The van der Waals surface area contributed by atoms with E-state index in [1.54, 1.807) is 0 Å². The van der Waals surface area contributed by atoms with Crippen LogP contribution >= 0.6 is 0 Å². The zero-order valence-corrected chi connectivity index (χ0v) is 13.2. The number of nitrogens with zero attached hydrogens (tertiary/aromatic N) is 1. The molecule has 1 aliphatic heterocycles. The third-order valence-electron chi connectivity index (χ3n) is 3.53. The van der Waals surface area contributed by atoms with Gasteiger partial charge >= 0.3 is 6.09 Å². The third kappa shape index (κ3) is 5.81. The van der Waals surface area contributed by atoms with Crippen LogP contribution < -0.4 is 5.32 Å². The second kappa shape index (κ2) is 7.13. The molecule has 1 heterocycles. The molecule has 0 aromatic rings. The molecule has 4 heteroatoms. The molecule has 0 aromatic carbocycles. The first-order valence-electron chi connectivity index (χ1n) is 7.54. The fourth-order valence-electron chi connectivity index (χ4n) is 2.45. The summed E-state index contributed by atoms with van der Waals surface area (Å²) < 4.78 is 5.45. The first kappa shape index (κ1) is 16.3. The second-order valence-electron chi connectivity index (χ2n) is 6.57. The van der Waals surface area contributed by atoms with E-state index in [1.165, 1.54) is 6.42 Å². The average Bonchev–Trinajstić information content (AvgIpc) is 2.34. The Hall–Kier alpha value is -0.770. The molecule has 1 rings (SSSR count). The summed E-state index contributed by atoms with van der Waals surface area (Å²) in [4.78, 5) is 13.9. The predicted octanol–water partition coefficient (Wildman–Crippen LogP) is 3.02. The highest BCUT2D eigenvalue weighted by Crippen LogP contribution is 2.21. The van der Waals surface area contributed by atoms with Gasteiger partial charge < -0.3 is 15.0 Å². The number of ether oxygens (including phenoxy) is 1. The van der Waals surface area contributed by atoms with Gasteiger partial charge in [0, 0.05) is 19.1 Å². The number of carbonyl (C=O) groups excluding carboxylic acids is 1. The topological polar surface area (TPSA) is 41.6 Å². The van der Waals surface area contributed by atoms with Gasteiger partial charge in [0.25, 0.3) is 0 Å². The third-order valence-corrected chi connectivity index (χ3v) is 3.53. The Morgan fingerprint density at radius 2 is 2.16 bits per heavy atom. The Labute approximate surface area is 117 Å². The van der Waals surface area contributed by atoms with Gasteiger partial charge in [0.15, 0.2) is 0 Å². The van der Waals surface area contributed by atoms with E-state index in [2.05, 4.69) is 19.2 Å². The van der Waals surface area contributed by atoms with Crippen LogP contribution in [-0.4, -0.2) is 42.3 Å². The van der Waals surface area contributed by atoms with Crippen molar-refractivity contribution < 1.29 is 9.53 Å².